The zero-order chi connectivity index (χ0) is 29.5. The van der Waals surface area contributed by atoms with Crippen LogP contribution in [0.15, 0.2) is 42.5 Å². The van der Waals surface area contributed by atoms with Gasteiger partial charge in [-0.2, -0.15) is 0 Å². The summed E-state index contributed by atoms with van der Waals surface area (Å²) in [6.07, 6.45) is 1.52. The Labute approximate surface area is 237 Å². The number of hydrogen-bond acceptors (Lipinski definition) is 8. The van der Waals surface area contributed by atoms with E-state index in [1.807, 2.05) is 0 Å². The van der Waals surface area contributed by atoms with Crippen LogP contribution in [0, 0.1) is 0 Å². The summed E-state index contributed by atoms with van der Waals surface area (Å²) < 4.78 is 5.36. The molecule has 3 aliphatic rings. The lowest BCUT2D eigenvalue weighted by Crippen LogP contribution is -2.54. The van der Waals surface area contributed by atoms with Crippen LogP contribution in [-0.2, 0) is 14.3 Å². The first-order valence-electron chi connectivity index (χ1n) is 13.7. The van der Waals surface area contributed by atoms with Crippen LogP contribution in [0.2, 0.25) is 0 Å². The maximum Gasteiger partial charge on any atom is 0.338 e. The fraction of sp³-hybridized carbons (Fsp3) is 0.400. The van der Waals surface area contributed by atoms with Crippen molar-refractivity contribution in [3.8, 4) is 0 Å². The van der Waals surface area contributed by atoms with Crippen LogP contribution in [0.25, 0.3) is 0 Å². The van der Waals surface area contributed by atoms with Gasteiger partial charge in [0.25, 0.3) is 17.7 Å². The molecular formula is C30H32N4O7. The highest BCUT2D eigenvalue weighted by Crippen LogP contribution is 2.31. The first kappa shape index (κ1) is 28.0. The number of amides is 5. The number of nitrogens with zero attached hydrogens (tertiary/aromatic N) is 2. The van der Waals surface area contributed by atoms with E-state index in [9.17, 15) is 28.8 Å². The highest BCUT2D eigenvalue weighted by Gasteiger charge is 2.44. The molecule has 0 aromatic heterocycles. The molecule has 0 radical (unpaired) electrons. The molecule has 0 bridgehead atoms. The third-order valence-corrected chi connectivity index (χ3v) is 7.40. The molecule has 2 saturated heterocycles. The number of piperidine rings is 2. The molecule has 214 valence electrons. The van der Waals surface area contributed by atoms with Crippen LogP contribution >= 0.6 is 0 Å². The molecule has 0 aliphatic carbocycles. The van der Waals surface area contributed by atoms with Gasteiger partial charge in [-0.15, -0.1) is 0 Å². The van der Waals surface area contributed by atoms with Crippen molar-refractivity contribution in [2.75, 3.05) is 18.0 Å². The fourth-order valence-electron chi connectivity index (χ4n) is 5.30. The molecule has 11 nitrogen and oxygen atoms in total. The Morgan fingerprint density at radius 1 is 0.878 bits per heavy atom. The van der Waals surface area contributed by atoms with E-state index in [1.165, 1.54) is 0 Å². The first-order valence-corrected chi connectivity index (χ1v) is 13.7. The van der Waals surface area contributed by atoms with Gasteiger partial charge >= 0.3 is 5.97 Å². The molecule has 5 rings (SSSR count). The van der Waals surface area contributed by atoms with Crippen molar-refractivity contribution in [2.24, 2.45) is 0 Å². The normalized spacial score (nSPS) is 19.6. The summed E-state index contributed by atoms with van der Waals surface area (Å²) in [5.74, 6) is -2.81. The average Bonchev–Trinajstić information content (AvgIpc) is 3.17. The minimum absolute atomic E-state index is 0.0510. The second kappa shape index (κ2) is 10.8. The molecule has 2 aromatic carbocycles. The summed E-state index contributed by atoms with van der Waals surface area (Å²) >= 11 is 0. The number of carbonyl (C=O) groups excluding carboxylic acids is 6. The van der Waals surface area contributed by atoms with Crippen LogP contribution in [0.1, 0.15) is 87.9 Å². The van der Waals surface area contributed by atoms with Gasteiger partial charge in [0.2, 0.25) is 11.8 Å². The lowest BCUT2D eigenvalue weighted by atomic mass is 10.0. The number of rotatable bonds is 5. The number of fused-ring (bicyclic) bond motifs is 1. The van der Waals surface area contributed by atoms with E-state index in [1.54, 1.807) is 63.2 Å². The number of imide groups is 2. The van der Waals surface area contributed by atoms with Crippen molar-refractivity contribution in [1.82, 2.24) is 15.5 Å². The smallest absolute Gasteiger partial charge is 0.338 e. The van der Waals surface area contributed by atoms with Gasteiger partial charge in [0.05, 0.1) is 16.7 Å². The van der Waals surface area contributed by atoms with Crippen LogP contribution in [0.3, 0.4) is 0 Å². The van der Waals surface area contributed by atoms with Gasteiger partial charge in [0.15, 0.2) is 0 Å². The summed E-state index contributed by atoms with van der Waals surface area (Å²) in [6.45, 7) is 6.63. The maximum atomic E-state index is 13.1. The highest BCUT2D eigenvalue weighted by molar-refractivity contribution is 6.23. The number of carbonyl (C=O) groups is 6. The Bertz CT molecular complexity index is 1440. The Kier molecular flexibility index (Phi) is 7.37. The number of esters is 1. The number of benzene rings is 2. The Morgan fingerprint density at radius 2 is 1.51 bits per heavy atom. The quantitative estimate of drug-likeness (QED) is 0.420. The van der Waals surface area contributed by atoms with Crippen LogP contribution in [-0.4, -0.2) is 71.2 Å². The van der Waals surface area contributed by atoms with Gasteiger partial charge < -0.3 is 15.0 Å². The van der Waals surface area contributed by atoms with E-state index in [0.717, 1.165) is 10.6 Å². The van der Waals surface area contributed by atoms with Gasteiger partial charge in [-0.1, -0.05) is 0 Å². The zero-order valence-electron chi connectivity index (χ0n) is 23.2. The van der Waals surface area contributed by atoms with Crippen molar-refractivity contribution in [3.05, 3.63) is 64.7 Å². The summed E-state index contributed by atoms with van der Waals surface area (Å²) in [5, 5.41) is 5.25. The minimum atomic E-state index is -1.00. The lowest BCUT2D eigenvalue weighted by molar-refractivity contribution is -0.136. The molecule has 5 amide bonds. The molecule has 2 aromatic rings. The molecule has 2 N–H and O–H groups in total. The molecule has 2 fully saturated rings. The predicted octanol–water partition coefficient (Wildman–Crippen LogP) is 2.44. The SMILES string of the molecule is CC(C)(C)OC(=O)c1ccc(C(=O)NC2CCN(c3ccc4c(c3)C(=O)N(C3CCC(=O)NC3=O)C4=O)CC2)cc1. The number of nitrogens with one attached hydrogen (secondary N) is 2. The lowest BCUT2D eigenvalue weighted by Gasteiger charge is -2.34. The second-order valence-electron chi connectivity index (χ2n) is 11.5. The van der Waals surface area contributed by atoms with E-state index in [4.69, 9.17) is 4.74 Å². The van der Waals surface area contributed by atoms with Crippen molar-refractivity contribution in [3.63, 3.8) is 0 Å². The van der Waals surface area contributed by atoms with Crippen molar-refractivity contribution in [1.29, 1.82) is 0 Å². The van der Waals surface area contributed by atoms with Crippen LogP contribution < -0.4 is 15.5 Å². The van der Waals surface area contributed by atoms with Gasteiger partial charge in [-0.05, 0) is 82.5 Å². The molecule has 0 spiro atoms. The Hall–Kier alpha value is -4.54. The van der Waals surface area contributed by atoms with E-state index in [2.05, 4.69) is 15.5 Å². The molecule has 3 heterocycles. The van der Waals surface area contributed by atoms with Gasteiger partial charge in [0, 0.05) is 36.8 Å². The number of hydrogen-bond donors (Lipinski definition) is 2. The van der Waals surface area contributed by atoms with Crippen LogP contribution in [0.4, 0.5) is 5.69 Å². The third-order valence-electron chi connectivity index (χ3n) is 7.40. The third kappa shape index (κ3) is 5.84. The van der Waals surface area contributed by atoms with Crippen molar-refractivity contribution < 1.29 is 33.5 Å². The summed E-state index contributed by atoms with van der Waals surface area (Å²) in [5.41, 5.74) is 1.47. The fourth-order valence-corrected chi connectivity index (χ4v) is 5.30. The average molecular weight is 561 g/mol. The minimum Gasteiger partial charge on any atom is -0.456 e. The standard InChI is InChI=1S/C30H32N4O7/c1-30(2,3)41-29(40)18-6-4-17(5-7-18)25(36)31-19-12-14-33(15-13-19)20-8-9-21-22(16-20)28(39)34(27(21)38)23-10-11-24(35)32-26(23)37/h4-9,16,19,23H,10-15H2,1-3H3,(H,31,36)(H,32,35,37). The van der Waals surface area contributed by atoms with Gasteiger partial charge in [-0.25, -0.2) is 4.79 Å². The molecule has 1 atom stereocenters. The van der Waals surface area contributed by atoms with E-state index in [-0.39, 0.29) is 35.9 Å². The maximum absolute atomic E-state index is 13.1. The Morgan fingerprint density at radius 3 is 2.15 bits per heavy atom. The number of anilines is 1. The van der Waals surface area contributed by atoms with E-state index >= 15 is 0 Å². The second-order valence-corrected chi connectivity index (χ2v) is 11.5. The summed E-state index contributed by atoms with van der Waals surface area (Å²) in [7, 11) is 0. The summed E-state index contributed by atoms with van der Waals surface area (Å²) in [4.78, 5) is 78.0. The monoisotopic (exact) mass is 560 g/mol. The van der Waals surface area contributed by atoms with Gasteiger partial charge in [0.1, 0.15) is 11.6 Å². The zero-order valence-corrected chi connectivity index (χ0v) is 23.2. The molecule has 0 saturated carbocycles. The highest BCUT2D eigenvalue weighted by atomic mass is 16.6. The van der Waals surface area contributed by atoms with E-state index in [0.29, 0.717) is 37.1 Å². The molecule has 1 unspecified atom stereocenters. The summed E-state index contributed by atoms with van der Waals surface area (Å²) in [6, 6.07) is 10.4. The predicted molar refractivity (Wildman–Crippen MR) is 147 cm³/mol. The van der Waals surface area contributed by atoms with E-state index < -0.39 is 41.2 Å². The molecule has 3 aliphatic heterocycles. The van der Waals surface area contributed by atoms with Crippen molar-refractivity contribution >= 4 is 41.2 Å². The van der Waals surface area contributed by atoms with Gasteiger partial charge in [-0.3, -0.25) is 34.2 Å². The molecular weight excluding hydrogens is 528 g/mol. The van der Waals surface area contributed by atoms with Crippen molar-refractivity contribution in [2.45, 2.75) is 64.1 Å². The Balaban J connectivity index is 1.17. The topological polar surface area (TPSA) is 142 Å². The molecule has 11 heteroatoms. The van der Waals surface area contributed by atoms with Crippen LogP contribution in [0.5, 0.6) is 0 Å². The molecule has 41 heavy (non-hydrogen) atoms. The largest absolute Gasteiger partial charge is 0.456 e. The number of ether oxygens (including phenoxy) is 1. The first-order chi connectivity index (χ1) is 19.4.